The minimum absolute atomic E-state index is 0.0181. The lowest BCUT2D eigenvalue weighted by Crippen LogP contribution is -2.31. The monoisotopic (exact) mass is 449 g/mol. The van der Waals surface area contributed by atoms with Gasteiger partial charge in [-0.3, -0.25) is 14.2 Å². The summed E-state index contributed by atoms with van der Waals surface area (Å²) in [5.74, 6) is 0.818. The van der Waals surface area contributed by atoms with Crippen LogP contribution in [0.3, 0.4) is 0 Å². The average molecular weight is 450 g/mol. The van der Waals surface area contributed by atoms with Gasteiger partial charge in [0.25, 0.3) is 5.56 Å². The van der Waals surface area contributed by atoms with Crippen molar-refractivity contribution in [2.45, 2.75) is 44.8 Å². The number of para-hydroxylation sites is 1. The fourth-order valence-electron chi connectivity index (χ4n) is 3.87. The fraction of sp³-hybridized carbons (Fsp3) is 0.292. The van der Waals surface area contributed by atoms with E-state index in [0.29, 0.717) is 36.8 Å². The van der Waals surface area contributed by atoms with Crippen LogP contribution in [0.25, 0.3) is 10.9 Å². The van der Waals surface area contributed by atoms with Gasteiger partial charge in [-0.2, -0.15) is 0 Å². The number of carbonyl (C=O) groups is 1. The van der Waals surface area contributed by atoms with Crippen LogP contribution in [0, 0.1) is 0 Å². The van der Waals surface area contributed by atoms with Crippen LogP contribution in [0.2, 0.25) is 0 Å². The van der Waals surface area contributed by atoms with Gasteiger partial charge in [-0.05, 0) is 47.9 Å². The minimum Gasteiger partial charge on any atom is -0.332 e. The highest BCUT2D eigenvalue weighted by atomic mass is 32.1. The molecule has 0 N–H and O–H groups in total. The largest absolute Gasteiger partial charge is 0.332 e. The SMILES string of the molecule is O=C(CCc1nc2ccccc2c(=O)n1C1CC1)N(Cc1cccs1)Cc1cccs1. The van der Waals surface area contributed by atoms with Crippen LogP contribution in [-0.2, 0) is 24.3 Å². The summed E-state index contributed by atoms with van der Waals surface area (Å²) in [5.41, 5.74) is 0.727. The summed E-state index contributed by atoms with van der Waals surface area (Å²) >= 11 is 3.33. The molecule has 0 spiro atoms. The predicted octanol–water partition coefficient (Wildman–Crippen LogP) is 5.02. The number of fused-ring (bicyclic) bond motifs is 1. The smallest absolute Gasteiger partial charge is 0.261 e. The van der Waals surface area contributed by atoms with Gasteiger partial charge in [0.15, 0.2) is 0 Å². The van der Waals surface area contributed by atoms with E-state index in [0.717, 1.165) is 18.7 Å². The summed E-state index contributed by atoms with van der Waals surface area (Å²) in [6, 6.07) is 15.9. The molecule has 1 amide bonds. The van der Waals surface area contributed by atoms with Crippen LogP contribution in [0.1, 0.15) is 40.9 Å². The van der Waals surface area contributed by atoms with Crippen LogP contribution in [-0.4, -0.2) is 20.4 Å². The number of hydrogen-bond donors (Lipinski definition) is 0. The number of hydrogen-bond acceptors (Lipinski definition) is 5. The first-order chi connectivity index (χ1) is 15.2. The summed E-state index contributed by atoms with van der Waals surface area (Å²) in [7, 11) is 0. The van der Waals surface area contributed by atoms with Gasteiger partial charge in [-0.1, -0.05) is 24.3 Å². The van der Waals surface area contributed by atoms with Crippen molar-refractivity contribution in [3.05, 3.63) is 85.2 Å². The lowest BCUT2D eigenvalue weighted by Gasteiger charge is -2.22. The molecule has 1 aromatic carbocycles. The third kappa shape index (κ3) is 4.48. The molecule has 0 atom stereocenters. The number of amides is 1. The summed E-state index contributed by atoms with van der Waals surface area (Å²) < 4.78 is 1.83. The van der Waals surface area contributed by atoms with Crippen LogP contribution >= 0.6 is 22.7 Å². The molecule has 0 saturated heterocycles. The van der Waals surface area contributed by atoms with Gasteiger partial charge in [0, 0.05) is 28.6 Å². The molecule has 1 saturated carbocycles. The number of nitrogens with zero attached hydrogens (tertiary/aromatic N) is 3. The summed E-state index contributed by atoms with van der Waals surface area (Å²) in [6.45, 7) is 1.21. The number of aromatic nitrogens is 2. The van der Waals surface area contributed by atoms with Crippen molar-refractivity contribution in [1.82, 2.24) is 14.5 Å². The Morgan fingerprint density at radius 2 is 1.68 bits per heavy atom. The Hall–Kier alpha value is -2.77. The molecule has 1 fully saturated rings. The first kappa shape index (κ1) is 20.2. The Balaban J connectivity index is 1.38. The molecule has 0 radical (unpaired) electrons. The van der Waals surface area contributed by atoms with Gasteiger partial charge >= 0.3 is 0 Å². The quantitative estimate of drug-likeness (QED) is 0.380. The van der Waals surface area contributed by atoms with Crippen LogP contribution in [0.5, 0.6) is 0 Å². The van der Waals surface area contributed by atoms with Crippen molar-refractivity contribution in [3.8, 4) is 0 Å². The van der Waals surface area contributed by atoms with E-state index in [-0.39, 0.29) is 17.5 Å². The van der Waals surface area contributed by atoms with E-state index >= 15 is 0 Å². The highest BCUT2D eigenvalue weighted by Gasteiger charge is 2.28. The molecule has 0 unspecified atom stereocenters. The second-order valence-electron chi connectivity index (χ2n) is 7.86. The van der Waals surface area contributed by atoms with E-state index in [4.69, 9.17) is 4.98 Å². The van der Waals surface area contributed by atoms with E-state index in [9.17, 15) is 9.59 Å². The maximum absolute atomic E-state index is 13.2. The highest BCUT2D eigenvalue weighted by Crippen LogP contribution is 2.35. The maximum Gasteiger partial charge on any atom is 0.261 e. The van der Waals surface area contributed by atoms with Crippen molar-refractivity contribution in [2.75, 3.05) is 0 Å². The van der Waals surface area contributed by atoms with Crippen molar-refractivity contribution in [1.29, 1.82) is 0 Å². The normalized spacial score (nSPS) is 13.5. The first-order valence-electron chi connectivity index (χ1n) is 10.5. The Kier molecular flexibility index (Phi) is 5.70. The summed E-state index contributed by atoms with van der Waals surface area (Å²) in [4.78, 5) is 35.3. The van der Waals surface area contributed by atoms with Gasteiger partial charge in [0.1, 0.15) is 5.82 Å². The minimum atomic E-state index is 0.0181. The number of thiophene rings is 2. The molecule has 1 aliphatic rings. The van der Waals surface area contributed by atoms with Crippen LogP contribution in [0.4, 0.5) is 0 Å². The molecule has 31 heavy (non-hydrogen) atoms. The molecule has 7 heteroatoms. The molecule has 3 heterocycles. The second kappa shape index (κ2) is 8.77. The average Bonchev–Trinajstić information content (AvgIpc) is 3.23. The lowest BCUT2D eigenvalue weighted by molar-refractivity contribution is -0.132. The number of aryl methyl sites for hydroxylation is 1. The number of rotatable bonds is 8. The predicted molar refractivity (Wildman–Crippen MR) is 125 cm³/mol. The van der Waals surface area contributed by atoms with Crippen molar-refractivity contribution >= 4 is 39.5 Å². The summed E-state index contributed by atoms with van der Waals surface area (Å²) in [5, 5.41) is 4.73. The van der Waals surface area contributed by atoms with Crippen molar-refractivity contribution in [2.24, 2.45) is 0 Å². The first-order valence-corrected chi connectivity index (χ1v) is 12.3. The van der Waals surface area contributed by atoms with E-state index in [1.165, 1.54) is 9.75 Å². The molecule has 0 aliphatic heterocycles. The molecular formula is C24H23N3O2S2. The van der Waals surface area contributed by atoms with Gasteiger partial charge < -0.3 is 4.90 Å². The van der Waals surface area contributed by atoms with Crippen LogP contribution < -0.4 is 5.56 Å². The van der Waals surface area contributed by atoms with E-state index in [2.05, 4.69) is 12.1 Å². The fourth-order valence-corrected chi connectivity index (χ4v) is 5.31. The van der Waals surface area contributed by atoms with E-state index in [1.54, 1.807) is 22.7 Å². The number of carbonyl (C=O) groups excluding carboxylic acids is 1. The molecule has 158 valence electrons. The maximum atomic E-state index is 13.2. The van der Waals surface area contributed by atoms with Gasteiger partial charge in [-0.15, -0.1) is 22.7 Å². The molecule has 0 bridgehead atoms. The van der Waals surface area contributed by atoms with Crippen molar-refractivity contribution < 1.29 is 4.79 Å². The van der Waals surface area contributed by atoms with E-state index in [1.807, 2.05) is 56.6 Å². The van der Waals surface area contributed by atoms with Gasteiger partial charge in [0.2, 0.25) is 5.91 Å². The summed E-state index contributed by atoms with van der Waals surface area (Å²) in [6.07, 6.45) is 2.82. The molecule has 5 rings (SSSR count). The number of benzene rings is 1. The van der Waals surface area contributed by atoms with Crippen molar-refractivity contribution in [3.63, 3.8) is 0 Å². The molecule has 3 aromatic heterocycles. The highest BCUT2D eigenvalue weighted by molar-refractivity contribution is 7.10. The lowest BCUT2D eigenvalue weighted by atomic mass is 10.2. The topological polar surface area (TPSA) is 55.2 Å². The zero-order valence-corrected chi connectivity index (χ0v) is 18.7. The Morgan fingerprint density at radius 1 is 1.00 bits per heavy atom. The Labute approximate surface area is 188 Å². The van der Waals surface area contributed by atoms with E-state index < -0.39 is 0 Å². The zero-order chi connectivity index (χ0) is 21.2. The van der Waals surface area contributed by atoms with Crippen LogP contribution in [0.15, 0.2) is 64.1 Å². The third-order valence-electron chi connectivity index (χ3n) is 5.56. The molecule has 4 aromatic rings. The Morgan fingerprint density at radius 3 is 2.29 bits per heavy atom. The second-order valence-corrected chi connectivity index (χ2v) is 9.92. The molecule has 5 nitrogen and oxygen atoms in total. The third-order valence-corrected chi connectivity index (χ3v) is 7.28. The zero-order valence-electron chi connectivity index (χ0n) is 17.1. The molecular weight excluding hydrogens is 426 g/mol. The van der Waals surface area contributed by atoms with Gasteiger partial charge in [-0.25, -0.2) is 4.98 Å². The standard InChI is InChI=1S/C24H23N3O2S2/c28-23(26(15-18-5-3-13-30-18)16-19-6-4-14-31-19)12-11-22-25-21-8-2-1-7-20(21)24(29)27(22)17-9-10-17/h1-8,13-14,17H,9-12,15-16H2. The Bertz CT molecular complexity index is 1210. The molecule has 1 aliphatic carbocycles. The van der Waals surface area contributed by atoms with Gasteiger partial charge in [0.05, 0.1) is 24.0 Å².